The quantitative estimate of drug-likeness (QED) is 0.402. The summed E-state index contributed by atoms with van der Waals surface area (Å²) in [5, 5.41) is 15.8. The molecule has 1 aliphatic rings. The average molecular weight is 488 g/mol. The van der Waals surface area contributed by atoms with Gasteiger partial charge in [-0.15, -0.1) is 0 Å². The lowest BCUT2D eigenvalue weighted by Gasteiger charge is -2.33. The van der Waals surface area contributed by atoms with E-state index in [1.54, 1.807) is 12.1 Å². The highest BCUT2D eigenvalue weighted by Gasteiger charge is 2.28. The van der Waals surface area contributed by atoms with Crippen molar-refractivity contribution in [2.75, 3.05) is 25.5 Å². The second-order valence-corrected chi connectivity index (χ2v) is 9.23. The molecule has 4 rings (SSSR count). The van der Waals surface area contributed by atoms with Gasteiger partial charge < -0.3 is 20.5 Å². The second-order valence-electron chi connectivity index (χ2n) is 9.23. The van der Waals surface area contributed by atoms with Crippen molar-refractivity contribution in [2.45, 2.75) is 37.8 Å². The zero-order chi connectivity index (χ0) is 25.3. The minimum Gasteiger partial charge on any atom is -0.478 e. The van der Waals surface area contributed by atoms with Crippen LogP contribution in [0.3, 0.4) is 0 Å². The molecule has 2 unspecified atom stereocenters. The van der Waals surface area contributed by atoms with Crippen LogP contribution in [0.5, 0.6) is 11.5 Å². The van der Waals surface area contributed by atoms with Crippen LogP contribution in [0, 0.1) is 0 Å². The maximum absolute atomic E-state index is 12.8. The van der Waals surface area contributed by atoms with E-state index in [4.69, 9.17) is 9.84 Å². The van der Waals surface area contributed by atoms with Gasteiger partial charge in [-0.25, -0.2) is 4.79 Å². The van der Waals surface area contributed by atoms with Crippen molar-refractivity contribution in [3.05, 3.63) is 90.0 Å². The van der Waals surface area contributed by atoms with Gasteiger partial charge in [-0.3, -0.25) is 9.69 Å². The molecular weight excluding hydrogens is 454 g/mol. The van der Waals surface area contributed by atoms with E-state index in [1.807, 2.05) is 73.8 Å². The average Bonchev–Trinajstić information content (AvgIpc) is 3.11. The summed E-state index contributed by atoms with van der Waals surface area (Å²) in [7, 11) is 1.99. The van der Waals surface area contributed by atoms with Gasteiger partial charge in [0.05, 0.1) is 12.1 Å². The van der Waals surface area contributed by atoms with Crippen LogP contribution in [0.15, 0.2) is 78.9 Å². The third-order valence-electron chi connectivity index (χ3n) is 6.53. The van der Waals surface area contributed by atoms with Crippen LogP contribution in [0.2, 0.25) is 0 Å². The Morgan fingerprint density at radius 2 is 1.67 bits per heavy atom. The third kappa shape index (κ3) is 7.16. The number of likely N-dealkylation sites (N-methyl/N-ethyl adjacent to an activating group) is 1. The molecule has 7 nitrogen and oxygen atoms in total. The van der Waals surface area contributed by atoms with Gasteiger partial charge in [-0.2, -0.15) is 0 Å². The van der Waals surface area contributed by atoms with E-state index in [9.17, 15) is 9.59 Å². The fraction of sp³-hybridized carbons (Fsp3) is 0.310. The van der Waals surface area contributed by atoms with Crippen molar-refractivity contribution in [1.82, 2.24) is 10.2 Å². The maximum atomic E-state index is 12.8. The molecule has 0 spiro atoms. The molecule has 2 atom stereocenters. The van der Waals surface area contributed by atoms with Gasteiger partial charge >= 0.3 is 5.97 Å². The topological polar surface area (TPSA) is 90.9 Å². The Balaban J connectivity index is 1.33. The lowest BCUT2D eigenvalue weighted by atomic mass is 9.95. The highest BCUT2D eigenvalue weighted by atomic mass is 16.5. The lowest BCUT2D eigenvalue weighted by Crippen LogP contribution is -2.50. The third-order valence-corrected chi connectivity index (χ3v) is 6.53. The van der Waals surface area contributed by atoms with E-state index in [2.05, 4.69) is 15.5 Å². The summed E-state index contributed by atoms with van der Waals surface area (Å²) in [5.41, 5.74) is 2.10. The van der Waals surface area contributed by atoms with Gasteiger partial charge in [0.2, 0.25) is 5.91 Å². The van der Waals surface area contributed by atoms with E-state index >= 15 is 0 Å². The van der Waals surface area contributed by atoms with Gasteiger partial charge in [0.15, 0.2) is 0 Å². The molecule has 3 aromatic rings. The van der Waals surface area contributed by atoms with Crippen molar-refractivity contribution in [3.8, 4) is 11.5 Å². The summed E-state index contributed by atoms with van der Waals surface area (Å²) in [4.78, 5) is 26.1. The van der Waals surface area contributed by atoms with E-state index in [1.165, 1.54) is 0 Å². The smallest absolute Gasteiger partial charge is 0.335 e. The largest absolute Gasteiger partial charge is 0.478 e. The Bertz CT molecular complexity index is 1130. The van der Waals surface area contributed by atoms with E-state index in [-0.39, 0.29) is 30.1 Å². The van der Waals surface area contributed by atoms with Crippen LogP contribution in [0.25, 0.3) is 0 Å². The molecule has 1 aliphatic heterocycles. The Morgan fingerprint density at radius 1 is 0.972 bits per heavy atom. The number of amides is 1. The molecule has 0 saturated carbocycles. The van der Waals surface area contributed by atoms with Crippen molar-refractivity contribution >= 4 is 17.6 Å². The molecule has 0 aliphatic carbocycles. The summed E-state index contributed by atoms with van der Waals surface area (Å²) in [6.45, 7) is 1.22. The Hall–Kier alpha value is -3.68. The Kier molecular flexibility index (Phi) is 8.71. The minimum absolute atomic E-state index is 0.0666. The zero-order valence-corrected chi connectivity index (χ0v) is 20.5. The van der Waals surface area contributed by atoms with E-state index in [0.29, 0.717) is 5.75 Å². The second kappa shape index (κ2) is 12.3. The molecular formula is C29H33N3O4. The SMILES string of the molecule is CN(CC(=O)Nc1ccc(Oc2ccccc2)cc1)C1CCCCNC1Cc1ccc(C(=O)O)cc1. The molecule has 7 heteroatoms. The first-order valence-electron chi connectivity index (χ1n) is 12.4. The highest BCUT2D eigenvalue weighted by Crippen LogP contribution is 2.23. The standard InChI is InChI=1S/C29H33N3O4/c1-32(20-28(33)31-23-14-16-25(17-15-23)36-24-7-3-2-4-8-24)27-9-5-6-18-30-26(27)19-21-10-12-22(13-11-21)29(34)35/h2-4,7-8,10-17,26-27,30H,5-6,9,18-20H2,1H3,(H,31,33)(H,34,35). The van der Waals surface area contributed by atoms with Crippen LogP contribution < -0.4 is 15.4 Å². The monoisotopic (exact) mass is 487 g/mol. The molecule has 1 heterocycles. The fourth-order valence-corrected chi connectivity index (χ4v) is 4.65. The molecule has 0 bridgehead atoms. The number of carboxylic acid groups (broad SMARTS) is 1. The Morgan fingerprint density at radius 3 is 2.36 bits per heavy atom. The summed E-state index contributed by atoms with van der Waals surface area (Å²) in [5.74, 6) is 0.486. The number of carbonyl (C=O) groups excluding carboxylic acids is 1. The predicted octanol–water partition coefficient (Wildman–Crippen LogP) is 4.80. The van der Waals surface area contributed by atoms with Crippen LogP contribution in [-0.2, 0) is 11.2 Å². The summed E-state index contributed by atoms with van der Waals surface area (Å²) in [6, 6.07) is 24.4. The number of hydrogen-bond donors (Lipinski definition) is 3. The molecule has 1 fully saturated rings. The summed E-state index contributed by atoms with van der Waals surface area (Å²) < 4.78 is 5.82. The van der Waals surface area contributed by atoms with Crippen molar-refractivity contribution in [1.29, 1.82) is 0 Å². The number of anilines is 1. The number of benzene rings is 3. The van der Waals surface area contributed by atoms with Crippen LogP contribution in [0.4, 0.5) is 5.69 Å². The van der Waals surface area contributed by atoms with Gasteiger partial charge in [0.25, 0.3) is 0 Å². The first-order valence-corrected chi connectivity index (χ1v) is 12.4. The van der Waals surface area contributed by atoms with Gasteiger partial charge in [0, 0.05) is 17.8 Å². The molecule has 0 radical (unpaired) electrons. The number of aromatic carboxylic acids is 1. The number of nitrogens with one attached hydrogen (secondary N) is 2. The first-order chi connectivity index (χ1) is 17.5. The number of carbonyl (C=O) groups is 2. The van der Waals surface area contributed by atoms with E-state index < -0.39 is 5.97 Å². The molecule has 188 valence electrons. The molecule has 3 N–H and O–H groups in total. The van der Waals surface area contributed by atoms with Crippen LogP contribution >= 0.6 is 0 Å². The number of nitrogens with zero attached hydrogens (tertiary/aromatic N) is 1. The zero-order valence-electron chi connectivity index (χ0n) is 20.5. The maximum Gasteiger partial charge on any atom is 0.335 e. The number of para-hydroxylation sites is 1. The first kappa shape index (κ1) is 25.4. The molecule has 0 aromatic heterocycles. The molecule has 1 amide bonds. The number of rotatable bonds is 9. The van der Waals surface area contributed by atoms with Crippen molar-refractivity contribution in [2.24, 2.45) is 0 Å². The van der Waals surface area contributed by atoms with E-state index in [0.717, 1.165) is 49.2 Å². The lowest BCUT2D eigenvalue weighted by molar-refractivity contribution is -0.117. The van der Waals surface area contributed by atoms with Crippen molar-refractivity contribution < 1.29 is 19.4 Å². The number of ether oxygens (including phenoxy) is 1. The normalized spacial score (nSPS) is 17.8. The summed E-state index contributed by atoms with van der Waals surface area (Å²) in [6.07, 6.45) is 3.98. The molecule has 3 aromatic carbocycles. The van der Waals surface area contributed by atoms with Crippen LogP contribution in [0.1, 0.15) is 35.2 Å². The van der Waals surface area contributed by atoms with Crippen molar-refractivity contribution in [3.63, 3.8) is 0 Å². The van der Waals surface area contributed by atoms with Gasteiger partial charge in [-0.1, -0.05) is 36.8 Å². The number of carboxylic acids is 1. The Labute approximate surface area is 212 Å². The van der Waals surface area contributed by atoms with Crippen LogP contribution in [-0.4, -0.2) is 54.1 Å². The fourth-order valence-electron chi connectivity index (χ4n) is 4.65. The van der Waals surface area contributed by atoms with Gasteiger partial charge in [0.1, 0.15) is 11.5 Å². The predicted molar refractivity (Wildman–Crippen MR) is 141 cm³/mol. The highest BCUT2D eigenvalue weighted by molar-refractivity contribution is 5.92. The molecule has 1 saturated heterocycles. The molecule has 36 heavy (non-hydrogen) atoms. The summed E-state index contributed by atoms with van der Waals surface area (Å²) >= 11 is 0. The minimum atomic E-state index is -0.920. The van der Waals surface area contributed by atoms with Gasteiger partial charge in [-0.05, 0) is 86.9 Å². The number of hydrogen-bond acceptors (Lipinski definition) is 5.